The lowest BCUT2D eigenvalue weighted by Gasteiger charge is -2.25. The van der Waals surface area contributed by atoms with Crippen molar-refractivity contribution in [3.05, 3.63) is 59.4 Å². The second-order valence-electron chi connectivity index (χ2n) is 8.01. The third-order valence-corrected chi connectivity index (χ3v) is 6.08. The number of hydrogen-bond acceptors (Lipinski definition) is 5. The van der Waals surface area contributed by atoms with E-state index in [-0.39, 0.29) is 11.9 Å². The number of rotatable bonds is 2. The number of nitrogens with zero attached hydrogens (tertiary/aromatic N) is 4. The molecule has 29 heavy (non-hydrogen) atoms. The monoisotopic (exact) mass is 385 g/mol. The molecule has 0 unspecified atom stereocenters. The van der Waals surface area contributed by atoms with Crippen molar-refractivity contribution in [3.8, 4) is 22.8 Å². The van der Waals surface area contributed by atoms with Gasteiger partial charge in [0.1, 0.15) is 11.4 Å². The number of aryl methyl sites for hydroxylation is 1. The summed E-state index contributed by atoms with van der Waals surface area (Å²) in [6.07, 6.45) is 7.87. The van der Waals surface area contributed by atoms with Crippen molar-refractivity contribution < 1.29 is 4.79 Å². The molecule has 4 heterocycles. The van der Waals surface area contributed by atoms with Crippen LogP contribution in [0.1, 0.15) is 36.0 Å². The first-order valence-electron chi connectivity index (χ1n) is 10.2. The topological polar surface area (TPSA) is 80.7 Å². The SMILES string of the molecule is Cc1ccc(-c2nnc(-c3ccccn3)c3c2CC[C@@H]2NC(=O)C[C@@H]2CC3)nc1. The van der Waals surface area contributed by atoms with Gasteiger partial charge in [-0.1, -0.05) is 12.1 Å². The Kier molecular flexibility index (Phi) is 4.54. The molecule has 146 valence electrons. The van der Waals surface area contributed by atoms with Gasteiger partial charge in [-0.25, -0.2) is 0 Å². The van der Waals surface area contributed by atoms with Crippen LogP contribution in [-0.2, 0) is 17.6 Å². The lowest BCUT2D eigenvalue weighted by Crippen LogP contribution is -2.31. The molecule has 0 spiro atoms. The maximum absolute atomic E-state index is 12.0. The lowest BCUT2D eigenvalue weighted by atomic mass is 9.83. The Bertz CT molecular complexity index is 1050. The van der Waals surface area contributed by atoms with E-state index in [0.29, 0.717) is 12.3 Å². The second-order valence-corrected chi connectivity index (χ2v) is 8.01. The van der Waals surface area contributed by atoms with E-state index in [4.69, 9.17) is 0 Å². The van der Waals surface area contributed by atoms with Gasteiger partial charge in [0.15, 0.2) is 0 Å². The van der Waals surface area contributed by atoms with E-state index >= 15 is 0 Å². The third-order valence-electron chi connectivity index (χ3n) is 6.08. The van der Waals surface area contributed by atoms with Crippen molar-refractivity contribution in [1.82, 2.24) is 25.5 Å². The smallest absolute Gasteiger partial charge is 0.220 e. The van der Waals surface area contributed by atoms with Crippen molar-refractivity contribution in [3.63, 3.8) is 0 Å². The molecule has 0 aromatic carbocycles. The molecule has 2 atom stereocenters. The first kappa shape index (κ1) is 17.9. The fourth-order valence-corrected chi connectivity index (χ4v) is 4.57. The van der Waals surface area contributed by atoms with Crippen molar-refractivity contribution in [2.24, 2.45) is 5.92 Å². The maximum Gasteiger partial charge on any atom is 0.220 e. The summed E-state index contributed by atoms with van der Waals surface area (Å²) in [4.78, 5) is 21.1. The number of carbonyl (C=O) groups is 1. The summed E-state index contributed by atoms with van der Waals surface area (Å²) < 4.78 is 0. The first-order valence-corrected chi connectivity index (χ1v) is 10.2. The molecule has 0 bridgehead atoms. The summed E-state index contributed by atoms with van der Waals surface area (Å²) in [6.45, 7) is 2.03. The molecule has 6 nitrogen and oxygen atoms in total. The standard InChI is InChI=1S/C23H23N5O/c1-14-5-9-20(25-13-14)23-17-8-10-18-15(12-21(29)26-18)6-7-16(17)22(27-28-23)19-4-2-3-11-24-19/h2-5,9,11,13,15,18H,6-8,10,12H2,1H3,(H,26,29)/t15-,18-/m0/s1. The zero-order valence-corrected chi connectivity index (χ0v) is 16.4. The van der Waals surface area contributed by atoms with Crippen LogP contribution < -0.4 is 5.32 Å². The van der Waals surface area contributed by atoms with E-state index in [9.17, 15) is 4.79 Å². The predicted octanol–water partition coefficient (Wildman–Crippen LogP) is 3.29. The molecule has 1 saturated heterocycles. The van der Waals surface area contributed by atoms with Crippen LogP contribution in [0.5, 0.6) is 0 Å². The zero-order chi connectivity index (χ0) is 19.8. The highest BCUT2D eigenvalue weighted by atomic mass is 16.2. The minimum atomic E-state index is 0.174. The van der Waals surface area contributed by atoms with Crippen LogP contribution in [0, 0.1) is 12.8 Å². The average Bonchev–Trinajstić information content (AvgIpc) is 3.09. The third kappa shape index (κ3) is 3.39. The Morgan fingerprint density at radius 1 is 0.931 bits per heavy atom. The molecule has 1 aliphatic carbocycles. The van der Waals surface area contributed by atoms with Gasteiger partial charge in [0.05, 0.1) is 11.4 Å². The van der Waals surface area contributed by atoms with Crippen molar-refractivity contribution in [2.45, 2.75) is 45.1 Å². The van der Waals surface area contributed by atoms with Crippen molar-refractivity contribution >= 4 is 5.91 Å². The molecule has 0 saturated carbocycles. The number of amides is 1. The molecule has 2 aliphatic rings. The van der Waals surface area contributed by atoms with Gasteiger partial charge in [-0.3, -0.25) is 14.8 Å². The summed E-state index contributed by atoms with van der Waals surface area (Å²) in [5.41, 5.74) is 6.91. The number of fused-ring (bicyclic) bond motifs is 2. The highest BCUT2D eigenvalue weighted by Crippen LogP contribution is 2.36. The Hall–Kier alpha value is -3.15. The summed E-state index contributed by atoms with van der Waals surface area (Å²) in [6, 6.07) is 10.2. The molecule has 3 aromatic heterocycles. The second kappa shape index (κ2) is 7.35. The van der Waals surface area contributed by atoms with Crippen LogP contribution in [0.3, 0.4) is 0 Å². The average molecular weight is 385 g/mol. The first-order chi connectivity index (χ1) is 14.2. The highest BCUT2D eigenvalue weighted by molar-refractivity contribution is 5.79. The van der Waals surface area contributed by atoms with E-state index < -0.39 is 0 Å². The van der Waals surface area contributed by atoms with Crippen LogP contribution in [0.25, 0.3) is 22.8 Å². The summed E-state index contributed by atoms with van der Waals surface area (Å²) in [5.74, 6) is 0.564. The number of pyridine rings is 2. The molecule has 0 radical (unpaired) electrons. The van der Waals surface area contributed by atoms with Gasteiger partial charge in [0.25, 0.3) is 0 Å². The van der Waals surface area contributed by atoms with Crippen LogP contribution in [0.4, 0.5) is 0 Å². The molecule has 1 aliphatic heterocycles. The van der Waals surface area contributed by atoms with Gasteiger partial charge >= 0.3 is 0 Å². The predicted molar refractivity (Wildman–Crippen MR) is 110 cm³/mol. The molecule has 1 fully saturated rings. The van der Waals surface area contributed by atoms with Crippen LogP contribution >= 0.6 is 0 Å². The summed E-state index contributed by atoms with van der Waals surface area (Å²) in [5, 5.41) is 12.4. The van der Waals surface area contributed by atoms with Gasteiger partial charge in [0, 0.05) is 24.9 Å². The van der Waals surface area contributed by atoms with Crippen molar-refractivity contribution in [1.29, 1.82) is 0 Å². The van der Waals surface area contributed by atoms with Crippen LogP contribution in [0.15, 0.2) is 42.7 Å². The molecular formula is C23H23N5O. The van der Waals surface area contributed by atoms with Gasteiger partial charge in [0.2, 0.25) is 5.91 Å². The molecule has 1 N–H and O–H groups in total. The fourth-order valence-electron chi connectivity index (χ4n) is 4.57. The van der Waals surface area contributed by atoms with E-state index in [0.717, 1.165) is 54.0 Å². The Morgan fingerprint density at radius 3 is 2.38 bits per heavy atom. The largest absolute Gasteiger partial charge is 0.353 e. The molecule has 5 rings (SSSR count). The highest BCUT2D eigenvalue weighted by Gasteiger charge is 2.34. The maximum atomic E-state index is 12.0. The fraction of sp³-hybridized carbons (Fsp3) is 0.348. The minimum Gasteiger partial charge on any atom is -0.353 e. The van der Waals surface area contributed by atoms with Gasteiger partial charge in [-0.05, 0) is 73.4 Å². The summed E-state index contributed by atoms with van der Waals surface area (Å²) >= 11 is 0. The Balaban J connectivity index is 1.64. The van der Waals surface area contributed by atoms with Gasteiger partial charge < -0.3 is 5.32 Å². The van der Waals surface area contributed by atoms with Crippen molar-refractivity contribution in [2.75, 3.05) is 0 Å². The number of aromatic nitrogens is 4. The number of nitrogens with one attached hydrogen (secondary N) is 1. The van der Waals surface area contributed by atoms with E-state index in [1.54, 1.807) is 6.20 Å². The molecule has 1 amide bonds. The van der Waals surface area contributed by atoms with Crippen LogP contribution in [0.2, 0.25) is 0 Å². The van der Waals surface area contributed by atoms with Gasteiger partial charge in [-0.2, -0.15) is 0 Å². The summed E-state index contributed by atoms with van der Waals surface area (Å²) in [7, 11) is 0. The van der Waals surface area contributed by atoms with E-state index in [1.165, 1.54) is 11.1 Å². The minimum absolute atomic E-state index is 0.174. The van der Waals surface area contributed by atoms with E-state index in [1.807, 2.05) is 37.4 Å². The Morgan fingerprint density at radius 2 is 1.69 bits per heavy atom. The quantitative estimate of drug-likeness (QED) is 0.732. The normalized spacial score (nSPS) is 20.9. The Labute approximate surface area is 169 Å². The van der Waals surface area contributed by atoms with E-state index in [2.05, 4.69) is 31.5 Å². The number of hydrogen-bond donors (Lipinski definition) is 1. The molecule has 6 heteroatoms. The molecular weight excluding hydrogens is 362 g/mol. The number of carbonyl (C=O) groups excluding carboxylic acids is 1. The van der Waals surface area contributed by atoms with Crippen LogP contribution in [-0.4, -0.2) is 32.1 Å². The van der Waals surface area contributed by atoms with Gasteiger partial charge in [-0.15, -0.1) is 10.2 Å². The molecule has 3 aromatic rings. The zero-order valence-electron chi connectivity index (χ0n) is 16.4. The lowest BCUT2D eigenvalue weighted by molar-refractivity contribution is -0.119.